The van der Waals surface area contributed by atoms with Gasteiger partial charge in [-0.15, -0.1) is 0 Å². The summed E-state index contributed by atoms with van der Waals surface area (Å²) < 4.78 is 11.5. The zero-order chi connectivity index (χ0) is 18.8. The molecule has 3 aromatic heterocycles. The number of morpholine rings is 1. The Morgan fingerprint density at radius 2 is 1.96 bits per heavy atom. The average molecular weight is 367 g/mol. The number of ether oxygens (including phenoxy) is 1. The number of pyridine rings is 1. The van der Waals surface area contributed by atoms with E-state index in [4.69, 9.17) is 9.15 Å². The highest BCUT2D eigenvalue weighted by molar-refractivity contribution is 5.89. The fourth-order valence-electron chi connectivity index (χ4n) is 3.67. The summed E-state index contributed by atoms with van der Waals surface area (Å²) in [5.41, 5.74) is 2.81. The molecule has 1 atom stereocenters. The van der Waals surface area contributed by atoms with E-state index < -0.39 is 0 Å². The minimum atomic E-state index is 0.117. The molecule has 1 aliphatic rings. The molecule has 0 radical (unpaired) electrons. The lowest BCUT2D eigenvalue weighted by Crippen LogP contribution is -2.41. The number of aromatic nitrogens is 3. The summed E-state index contributed by atoms with van der Waals surface area (Å²) in [6.45, 7) is 9.97. The van der Waals surface area contributed by atoms with Crippen molar-refractivity contribution < 1.29 is 9.15 Å². The quantitative estimate of drug-likeness (QED) is 0.743. The first-order valence-electron chi connectivity index (χ1n) is 9.33. The zero-order valence-electron chi connectivity index (χ0n) is 16.0. The normalized spacial score (nSPS) is 16.6. The fourth-order valence-corrected chi connectivity index (χ4v) is 3.67. The Labute approximate surface area is 158 Å². The molecule has 0 unspecified atom stereocenters. The molecule has 4 heterocycles. The standard InChI is InChI=1S/C20H25N5O2/c1-13-10-14(2)24-20-18(13)19(22-12-23-20)21-11-16(17-5-4-15(3)27-17)25-6-8-26-9-7-25/h4-5,10,12,16H,6-9,11H2,1-3H3,(H,21,22,23,24)/t16-/m0/s1. The molecule has 0 saturated carbocycles. The number of hydrogen-bond acceptors (Lipinski definition) is 7. The second kappa shape index (κ2) is 7.62. The van der Waals surface area contributed by atoms with Gasteiger partial charge in [0, 0.05) is 25.3 Å². The summed E-state index contributed by atoms with van der Waals surface area (Å²) >= 11 is 0. The summed E-state index contributed by atoms with van der Waals surface area (Å²) in [6, 6.07) is 6.25. The number of hydrogen-bond donors (Lipinski definition) is 1. The van der Waals surface area contributed by atoms with Crippen LogP contribution >= 0.6 is 0 Å². The van der Waals surface area contributed by atoms with Crippen molar-refractivity contribution in [1.82, 2.24) is 19.9 Å². The van der Waals surface area contributed by atoms with Crippen LogP contribution in [0.5, 0.6) is 0 Å². The number of fused-ring (bicyclic) bond motifs is 1. The van der Waals surface area contributed by atoms with E-state index in [0.29, 0.717) is 6.54 Å². The van der Waals surface area contributed by atoms with Crippen molar-refractivity contribution in [3.05, 3.63) is 47.3 Å². The first kappa shape index (κ1) is 17.9. The molecule has 0 aromatic carbocycles. The Bertz CT molecular complexity index is 933. The van der Waals surface area contributed by atoms with E-state index in [0.717, 1.165) is 65.9 Å². The van der Waals surface area contributed by atoms with E-state index in [1.165, 1.54) is 0 Å². The van der Waals surface area contributed by atoms with Crippen LogP contribution in [0.1, 0.15) is 28.8 Å². The minimum Gasteiger partial charge on any atom is -0.465 e. The lowest BCUT2D eigenvalue weighted by atomic mass is 10.1. The van der Waals surface area contributed by atoms with Gasteiger partial charge in [-0.05, 0) is 44.5 Å². The van der Waals surface area contributed by atoms with Crippen LogP contribution in [-0.2, 0) is 4.74 Å². The van der Waals surface area contributed by atoms with E-state index in [-0.39, 0.29) is 6.04 Å². The van der Waals surface area contributed by atoms with Gasteiger partial charge in [-0.1, -0.05) is 0 Å². The van der Waals surface area contributed by atoms with Gasteiger partial charge in [0.25, 0.3) is 0 Å². The van der Waals surface area contributed by atoms with E-state index in [9.17, 15) is 0 Å². The van der Waals surface area contributed by atoms with Crippen LogP contribution in [0.4, 0.5) is 5.82 Å². The summed E-state index contributed by atoms with van der Waals surface area (Å²) in [6.07, 6.45) is 1.57. The van der Waals surface area contributed by atoms with Gasteiger partial charge in [-0.25, -0.2) is 15.0 Å². The Balaban J connectivity index is 1.62. The number of nitrogens with one attached hydrogen (secondary N) is 1. The molecule has 142 valence electrons. The molecule has 3 aromatic rings. The van der Waals surface area contributed by atoms with Gasteiger partial charge >= 0.3 is 0 Å². The van der Waals surface area contributed by atoms with Crippen molar-refractivity contribution in [3.8, 4) is 0 Å². The lowest BCUT2D eigenvalue weighted by molar-refractivity contribution is 0.0143. The van der Waals surface area contributed by atoms with Crippen LogP contribution in [0.15, 0.2) is 28.9 Å². The van der Waals surface area contributed by atoms with Crippen LogP contribution in [0.3, 0.4) is 0 Å². The number of nitrogens with zero attached hydrogens (tertiary/aromatic N) is 4. The van der Waals surface area contributed by atoms with Gasteiger partial charge in [0.15, 0.2) is 5.65 Å². The molecule has 1 fully saturated rings. The van der Waals surface area contributed by atoms with Crippen molar-refractivity contribution in [3.63, 3.8) is 0 Å². The van der Waals surface area contributed by atoms with E-state index in [2.05, 4.69) is 44.2 Å². The van der Waals surface area contributed by atoms with Crippen molar-refractivity contribution in [1.29, 1.82) is 0 Å². The zero-order valence-corrected chi connectivity index (χ0v) is 16.0. The van der Waals surface area contributed by atoms with Gasteiger partial charge < -0.3 is 14.5 Å². The number of anilines is 1. The van der Waals surface area contributed by atoms with Gasteiger partial charge in [0.05, 0.1) is 24.6 Å². The third-order valence-electron chi connectivity index (χ3n) is 4.97. The molecule has 1 N–H and O–H groups in total. The Hall–Kier alpha value is -2.51. The number of furan rings is 1. The van der Waals surface area contributed by atoms with E-state index in [1.807, 2.05) is 19.9 Å². The molecule has 0 spiro atoms. The molecule has 7 heteroatoms. The van der Waals surface area contributed by atoms with Gasteiger partial charge in [-0.3, -0.25) is 4.90 Å². The van der Waals surface area contributed by atoms with Crippen LogP contribution in [-0.4, -0.2) is 52.7 Å². The molecular formula is C20H25N5O2. The summed E-state index contributed by atoms with van der Waals surface area (Å²) in [7, 11) is 0. The highest BCUT2D eigenvalue weighted by Crippen LogP contribution is 2.27. The van der Waals surface area contributed by atoms with Crippen molar-refractivity contribution in [2.75, 3.05) is 38.2 Å². The Morgan fingerprint density at radius 1 is 1.15 bits per heavy atom. The molecular weight excluding hydrogens is 342 g/mol. The molecule has 1 saturated heterocycles. The maximum atomic E-state index is 5.95. The van der Waals surface area contributed by atoms with Crippen molar-refractivity contribution >= 4 is 16.9 Å². The molecule has 0 amide bonds. The molecule has 27 heavy (non-hydrogen) atoms. The largest absolute Gasteiger partial charge is 0.465 e. The summed E-state index contributed by atoms with van der Waals surface area (Å²) in [5.74, 6) is 2.70. The van der Waals surface area contributed by atoms with Crippen LogP contribution < -0.4 is 5.32 Å². The molecule has 4 rings (SSSR count). The minimum absolute atomic E-state index is 0.117. The van der Waals surface area contributed by atoms with Gasteiger partial charge in [0.2, 0.25) is 0 Å². The monoisotopic (exact) mass is 367 g/mol. The van der Waals surface area contributed by atoms with Crippen LogP contribution in [0.25, 0.3) is 11.0 Å². The predicted octanol–water partition coefficient (Wildman–Crippen LogP) is 3.03. The average Bonchev–Trinajstić information content (AvgIpc) is 3.08. The third-order valence-corrected chi connectivity index (χ3v) is 4.97. The third kappa shape index (κ3) is 3.79. The highest BCUT2D eigenvalue weighted by Gasteiger charge is 2.25. The Kier molecular flexibility index (Phi) is 5.05. The predicted molar refractivity (Wildman–Crippen MR) is 104 cm³/mol. The maximum absolute atomic E-state index is 5.95. The van der Waals surface area contributed by atoms with Crippen LogP contribution in [0, 0.1) is 20.8 Å². The molecule has 1 aliphatic heterocycles. The lowest BCUT2D eigenvalue weighted by Gasteiger charge is -2.33. The van der Waals surface area contributed by atoms with E-state index in [1.54, 1.807) is 6.33 Å². The summed E-state index contributed by atoms with van der Waals surface area (Å²) in [5, 5.41) is 4.49. The van der Waals surface area contributed by atoms with E-state index >= 15 is 0 Å². The second-order valence-electron chi connectivity index (χ2n) is 6.99. The van der Waals surface area contributed by atoms with Gasteiger partial charge in [0.1, 0.15) is 23.7 Å². The highest BCUT2D eigenvalue weighted by atomic mass is 16.5. The molecule has 0 bridgehead atoms. The number of rotatable bonds is 5. The SMILES string of the molecule is Cc1cc(C)c2c(NC[C@@H](c3ccc(C)o3)N3CCOCC3)ncnc2n1. The smallest absolute Gasteiger partial charge is 0.165 e. The Morgan fingerprint density at radius 3 is 2.70 bits per heavy atom. The number of aryl methyl sites for hydroxylation is 3. The maximum Gasteiger partial charge on any atom is 0.165 e. The first-order chi connectivity index (χ1) is 13.1. The van der Waals surface area contributed by atoms with Gasteiger partial charge in [-0.2, -0.15) is 0 Å². The first-order valence-corrected chi connectivity index (χ1v) is 9.33. The topological polar surface area (TPSA) is 76.3 Å². The molecule has 0 aliphatic carbocycles. The second-order valence-corrected chi connectivity index (χ2v) is 6.99. The van der Waals surface area contributed by atoms with Crippen molar-refractivity contribution in [2.24, 2.45) is 0 Å². The molecule has 7 nitrogen and oxygen atoms in total. The fraction of sp³-hybridized carbons (Fsp3) is 0.450. The van der Waals surface area contributed by atoms with Crippen LogP contribution in [0.2, 0.25) is 0 Å². The summed E-state index contributed by atoms with van der Waals surface area (Å²) in [4.78, 5) is 15.7. The van der Waals surface area contributed by atoms with Crippen molar-refractivity contribution in [2.45, 2.75) is 26.8 Å².